The highest BCUT2D eigenvalue weighted by molar-refractivity contribution is 6.07. The number of amides is 1. The predicted molar refractivity (Wildman–Crippen MR) is 94.5 cm³/mol. The number of nitrogens with one attached hydrogen (secondary N) is 1. The van der Waals surface area contributed by atoms with Crippen molar-refractivity contribution in [3.05, 3.63) is 54.0 Å². The monoisotopic (exact) mass is 336 g/mol. The number of benzene rings is 1. The number of aryl methyl sites for hydroxylation is 1. The van der Waals surface area contributed by atoms with Crippen LogP contribution in [0, 0.1) is 0 Å². The van der Waals surface area contributed by atoms with Gasteiger partial charge >= 0.3 is 0 Å². The molecular weight excluding hydrogens is 316 g/mol. The lowest BCUT2D eigenvalue weighted by Gasteiger charge is -2.24. The van der Waals surface area contributed by atoms with Crippen LogP contribution in [-0.4, -0.2) is 43.9 Å². The van der Waals surface area contributed by atoms with E-state index in [4.69, 9.17) is 0 Å². The fraction of sp³-hybridized carbons (Fsp3) is 0.316. The number of ketones is 1. The van der Waals surface area contributed by atoms with E-state index in [9.17, 15) is 9.59 Å². The average molecular weight is 336 g/mol. The SMILES string of the molecule is Cn1cc(C(=O)C[C@H]2CCCN2C(=O)c2c[nH]c3ccccc23)cn1. The number of likely N-dealkylation sites (tertiary alicyclic amines) is 1. The van der Waals surface area contributed by atoms with E-state index >= 15 is 0 Å². The number of Topliss-reactive ketones (excluding diaryl/α,β-unsaturated/α-hetero) is 1. The molecule has 0 unspecified atom stereocenters. The van der Waals surface area contributed by atoms with E-state index in [0.29, 0.717) is 24.1 Å². The first-order chi connectivity index (χ1) is 12.1. The number of carbonyl (C=O) groups is 2. The molecule has 0 radical (unpaired) electrons. The van der Waals surface area contributed by atoms with Crippen molar-refractivity contribution in [2.75, 3.05) is 6.54 Å². The number of hydrogen-bond donors (Lipinski definition) is 1. The molecule has 0 aliphatic carbocycles. The quantitative estimate of drug-likeness (QED) is 0.745. The maximum atomic E-state index is 13.0. The van der Waals surface area contributed by atoms with Crippen LogP contribution < -0.4 is 0 Å². The third-order valence-corrected chi connectivity index (χ3v) is 4.91. The van der Waals surface area contributed by atoms with Crippen LogP contribution in [0.5, 0.6) is 0 Å². The van der Waals surface area contributed by atoms with Crippen LogP contribution in [0.1, 0.15) is 40.0 Å². The molecule has 0 saturated carbocycles. The van der Waals surface area contributed by atoms with Crippen LogP contribution in [0.4, 0.5) is 0 Å². The van der Waals surface area contributed by atoms with Crippen molar-refractivity contribution in [2.24, 2.45) is 7.05 Å². The number of aromatic nitrogens is 3. The molecule has 1 aliphatic rings. The van der Waals surface area contributed by atoms with Crippen LogP contribution >= 0.6 is 0 Å². The minimum absolute atomic E-state index is 0.000985. The first-order valence-corrected chi connectivity index (χ1v) is 8.52. The summed E-state index contributed by atoms with van der Waals surface area (Å²) in [4.78, 5) is 30.5. The Hall–Kier alpha value is -2.89. The Morgan fingerprint density at radius 2 is 2.16 bits per heavy atom. The van der Waals surface area contributed by atoms with Gasteiger partial charge in [-0.3, -0.25) is 14.3 Å². The van der Waals surface area contributed by atoms with Crippen molar-refractivity contribution < 1.29 is 9.59 Å². The zero-order valence-corrected chi connectivity index (χ0v) is 14.1. The lowest BCUT2D eigenvalue weighted by molar-refractivity contribution is 0.0719. The van der Waals surface area contributed by atoms with Gasteiger partial charge in [0.2, 0.25) is 0 Å². The second-order valence-electron chi connectivity index (χ2n) is 6.57. The molecule has 25 heavy (non-hydrogen) atoms. The third kappa shape index (κ3) is 2.84. The summed E-state index contributed by atoms with van der Waals surface area (Å²) in [5, 5.41) is 4.98. The molecule has 1 fully saturated rings. The molecule has 3 heterocycles. The fourth-order valence-electron chi connectivity index (χ4n) is 3.62. The topological polar surface area (TPSA) is 71.0 Å². The van der Waals surface area contributed by atoms with E-state index in [1.807, 2.05) is 29.2 Å². The summed E-state index contributed by atoms with van der Waals surface area (Å²) in [5.74, 6) is 0.0377. The van der Waals surface area contributed by atoms with Gasteiger partial charge in [-0.25, -0.2) is 0 Å². The molecule has 3 aromatic rings. The van der Waals surface area contributed by atoms with E-state index in [2.05, 4.69) is 10.1 Å². The number of fused-ring (bicyclic) bond motifs is 1. The molecule has 1 amide bonds. The second kappa shape index (κ2) is 6.20. The number of nitrogens with zero attached hydrogens (tertiary/aromatic N) is 3. The molecular formula is C19H20N4O2. The molecule has 1 N–H and O–H groups in total. The number of aromatic amines is 1. The number of rotatable bonds is 4. The highest BCUT2D eigenvalue weighted by Crippen LogP contribution is 2.26. The molecule has 0 bridgehead atoms. The van der Waals surface area contributed by atoms with Crippen LogP contribution in [-0.2, 0) is 7.05 Å². The van der Waals surface area contributed by atoms with Gasteiger partial charge < -0.3 is 9.88 Å². The molecule has 6 heteroatoms. The van der Waals surface area contributed by atoms with Gasteiger partial charge in [0.25, 0.3) is 5.91 Å². The van der Waals surface area contributed by atoms with Gasteiger partial charge in [-0.1, -0.05) is 18.2 Å². The number of H-pyrrole nitrogens is 1. The molecule has 4 rings (SSSR count). The van der Waals surface area contributed by atoms with Crippen LogP contribution in [0.2, 0.25) is 0 Å². The van der Waals surface area contributed by atoms with Gasteiger partial charge in [0.05, 0.1) is 17.3 Å². The van der Waals surface area contributed by atoms with Crippen molar-refractivity contribution in [1.29, 1.82) is 0 Å². The Labute approximate surface area is 145 Å². The zero-order valence-electron chi connectivity index (χ0n) is 14.1. The molecule has 1 atom stereocenters. The van der Waals surface area contributed by atoms with Crippen molar-refractivity contribution in [2.45, 2.75) is 25.3 Å². The Balaban J connectivity index is 1.55. The van der Waals surface area contributed by atoms with E-state index in [0.717, 1.165) is 23.7 Å². The summed E-state index contributed by atoms with van der Waals surface area (Å²) < 4.78 is 1.62. The fourth-order valence-corrected chi connectivity index (χ4v) is 3.62. The second-order valence-corrected chi connectivity index (χ2v) is 6.57. The highest BCUT2D eigenvalue weighted by Gasteiger charge is 2.32. The summed E-state index contributed by atoms with van der Waals surface area (Å²) in [6, 6.07) is 7.73. The highest BCUT2D eigenvalue weighted by atomic mass is 16.2. The number of para-hydroxylation sites is 1. The molecule has 1 saturated heterocycles. The largest absolute Gasteiger partial charge is 0.360 e. The van der Waals surface area contributed by atoms with Gasteiger partial charge in [0.1, 0.15) is 0 Å². The standard InChI is InChI=1S/C19H20N4O2/c1-22-12-13(10-21-22)18(24)9-14-5-4-8-23(14)19(25)16-11-20-17-7-3-2-6-15(16)17/h2-3,6-7,10-12,14,20H,4-5,8-9H2,1H3/t14-/m1/s1. The Morgan fingerprint density at radius 3 is 2.96 bits per heavy atom. The maximum absolute atomic E-state index is 13.0. The summed E-state index contributed by atoms with van der Waals surface area (Å²) in [6.45, 7) is 0.698. The van der Waals surface area contributed by atoms with E-state index in [-0.39, 0.29) is 17.7 Å². The molecule has 2 aromatic heterocycles. The molecule has 1 aromatic carbocycles. The van der Waals surface area contributed by atoms with Gasteiger partial charge in [-0.2, -0.15) is 5.10 Å². The van der Waals surface area contributed by atoms with Crippen LogP contribution in [0.15, 0.2) is 42.9 Å². The van der Waals surface area contributed by atoms with Crippen LogP contribution in [0.25, 0.3) is 10.9 Å². The predicted octanol–water partition coefficient (Wildman–Crippen LogP) is 2.78. The Kier molecular flexibility index (Phi) is 3.87. The normalized spacial score (nSPS) is 17.3. The maximum Gasteiger partial charge on any atom is 0.256 e. The van der Waals surface area contributed by atoms with Gasteiger partial charge in [0, 0.05) is 49.4 Å². The molecule has 0 spiro atoms. The first-order valence-electron chi connectivity index (χ1n) is 8.52. The van der Waals surface area contributed by atoms with Crippen molar-refractivity contribution >= 4 is 22.6 Å². The zero-order chi connectivity index (χ0) is 17.4. The minimum atomic E-state index is -0.0473. The summed E-state index contributed by atoms with van der Waals surface area (Å²) in [5.41, 5.74) is 2.23. The summed E-state index contributed by atoms with van der Waals surface area (Å²) in [6.07, 6.45) is 7.22. The van der Waals surface area contributed by atoms with Crippen molar-refractivity contribution in [3.63, 3.8) is 0 Å². The minimum Gasteiger partial charge on any atom is -0.360 e. The molecule has 6 nitrogen and oxygen atoms in total. The Bertz CT molecular complexity index is 940. The van der Waals surface area contributed by atoms with Crippen LogP contribution in [0.3, 0.4) is 0 Å². The van der Waals surface area contributed by atoms with Gasteiger partial charge in [0.15, 0.2) is 5.78 Å². The summed E-state index contributed by atoms with van der Waals surface area (Å²) >= 11 is 0. The lowest BCUT2D eigenvalue weighted by Crippen LogP contribution is -2.36. The number of hydrogen-bond acceptors (Lipinski definition) is 3. The third-order valence-electron chi connectivity index (χ3n) is 4.91. The molecule has 128 valence electrons. The van der Waals surface area contributed by atoms with E-state index in [1.165, 1.54) is 0 Å². The van der Waals surface area contributed by atoms with Crippen molar-refractivity contribution in [3.8, 4) is 0 Å². The van der Waals surface area contributed by atoms with Gasteiger partial charge in [-0.15, -0.1) is 0 Å². The average Bonchev–Trinajstić information content (AvgIpc) is 3.33. The van der Waals surface area contributed by atoms with Crippen molar-refractivity contribution in [1.82, 2.24) is 19.7 Å². The lowest BCUT2D eigenvalue weighted by atomic mass is 10.0. The first kappa shape index (κ1) is 15.6. The number of carbonyl (C=O) groups excluding carboxylic acids is 2. The summed E-state index contributed by atoms with van der Waals surface area (Å²) in [7, 11) is 1.79. The Morgan fingerprint density at radius 1 is 1.32 bits per heavy atom. The van der Waals surface area contributed by atoms with E-state index in [1.54, 1.807) is 30.3 Å². The smallest absolute Gasteiger partial charge is 0.256 e. The van der Waals surface area contributed by atoms with Gasteiger partial charge in [-0.05, 0) is 18.9 Å². The van der Waals surface area contributed by atoms with E-state index < -0.39 is 0 Å². The molecule has 1 aliphatic heterocycles.